The van der Waals surface area contributed by atoms with Gasteiger partial charge >= 0.3 is 0 Å². The number of benzene rings is 1. The molecular formula is C22H22N4O. The van der Waals surface area contributed by atoms with E-state index in [0.29, 0.717) is 5.92 Å². The Labute approximate surface area is 158 Å². The first-order chi connectivity index (χ1) is 13.3. The van der Waals surface area contributed by atoms with Crippen LogP contribution < -0.4 is 5.32 Å². The molecule has 0 radical (unpaired) electrons. The number of amides is 1. The molecule has 136 valence electrons. The molecule has 0 spiro atoms. The van der Waals surface area contributed by atoms with Gasteiger partial charge in [-0.1, -0.05) is 30.3 Å². The molecule has 5 rings (SSSR count). The molecule has 5 heteroatoms. The van der Waals surface area contributed by atoms with Crippen molar-refractivity contribution in [1.29, 1.82) is 0 Å². The van der Waals surface area contributed by atoms with Gasteiger partial charge in [0.2, 0.25) is 5.91 Å². The Kier molecular flexibility index (Phi) is 4.00. The summed E-state index contributed by atoms with van der Waals surface area (Å²) in [6.45, 7) is 0. The lowest BCUT2D eigenvalue weighted by molar-refractivity contribution is -0.123. The molecule has 2 heterocycles. The van der Waals surface area contributed by atoms with Gasteiger partial charge in [-0.15, -0.1) is 0 Å². The van der Waals surface area contributed by atoms with Crippen LogP contribution in [0.4, 0.5) is 0 Å². The molecule has 2 aliphatic rings. The molecule has 2 aromatic heterocycles. The third-order valence-corrected chi connectivity index (χ3v) is 5.76. The molecule has 1 saturated carbocycles. The Balaban J connectivity index is 1.32. The van der Waals surface area contributed by atoms with Gasteiger partial charge in [0.1, 0.15) is 0 Å². The zero-order valence-electron chi connectivity index (χ0n) is 15.1. The van der Waals surface area contributed by atoms with Crippen LogP contribution in [0.3, 0.4) is 0 Å². The lowest BCUT2D eigenvalue weighted by Crippen LogP contribution is -2.32. The van der Waals surface area contributed by atoms with Crippen LogP contribution in [0.2, 0.25) is 0 Å². The van der Waals surface area contributed by atoms with Gasteiger partial charge in [0, 0.05) is 29.6 Å². The number of hydrogen-bond donors (Lipinski definition) is 1. The van der Waals surface area contributed by atoms with Crippen LogP contribution in [-0.2, 0) is 11.2 Å². The van der Waals surface area contributed by atoms with Crippen molar-refractivity contribution in [2.45, 2.75) is 37.6 Å². The number of carbonyl (C=O) groups excluding carboxylic acids is 1. The zero-order valence-corrected chi connectivity index (χ0v) is 15.1. The summed E-state index contributed by atoms with van der Waals surface area (Å²) < 4.78 is 1.99. The Morgan fingerprint density at radius 1 is 1.11 bits per heavy atom. The van der Waals surface area contributed by atoms with E-state index in [1.54, 1.807) is 12.4 Å². The van der Waals surface area contributed by atoms with E-state index in [4.69, 9.17) is 0 Å². The molecule has 0 bridgehead atoms. The number of nitrogens with zero attached hydrogens (tertiary/aromatic N) is 3. The van der Waals surface area contributed by atoms with Crippen molar-refractivity contribution < 1.29 is 4.79 Å². The number of pyridine rings is 1. The molecule has 1 N–H and O–H groups in total. The Morgan fingerprint density at radius 3 is 2.74 bits per heavy atom. The van der Waals surface area contributed by atoms with E-state index < -0.39 is 0 Å². The minimum Gasteiger partial charge on any atom is -0.349 e. The van der Waals surface area contributed by atoms with E-state index in [1.165, 1.54) is 11.3 Å². The fraction of sp³-hybridized carbons (Fsp3) is 0.318. The first-order valence-electron chi connectivity index (χ1n) is 9.64. The third-order valence-electron chi connectivity index (χ3n) is 5.76. The van der Waals surface area contributed by atoms with Crippen molar-refractivity contribution in [1.82, 2.24) is 20.1 Å². The smallest absolute Gasteiger partial charge is 0.224 e. The summed E-state index contributed by atoms with van der Waals surface area (Å²) in [5.41, 5.74) is 4.65. The highest BCUT2D eigenvalue weighted by Crippen LogP contribution is 2.48. The van der Waals surface area contributed by atoms with E-state index >= 15 is 0 Å². The van der Waals surface area contributed by atoms with Crippen molar-refractivity contribution in [2.24, 2.45) is 5.92 Å². The molecule has 1 amide bonds. The van der Waals surface area contributed by atoms with Crippen LogP contribution in [-0.4, -0.2) is 20.7 Å². The summed E-state index contributed by atoms with van der Waals surface area (Å²) in [7, 11) is 0. The normalized spacial score (nSPS) is 23.5. The van der Waals surface area contributed by atoms with Gasteiger partial charge in [-0.05, 0) is 49.3 Å². The van der Waals surface area contributed by atoms with Crippen LogP contribution in [0.25, 0.3) is 5.69 Å². The average Bonchev–Trinajstić information content (AvgIpc) is 3.41. The summed E-state index contributed by atoms with van der Waals surface area (Å²) in [4.78, 5) is 16.9. The fourth-order valence-electron chi connectivity index (χ4n) is 4.25. The molecule has 5 nitrogen and oxygen atoms in total. The molecular weight excluding hydrogens is 336 g/mol. The number of nitrogens with one attached hydrogen (secondary N) is 1. The van der Waals surface area contributed by atoms with E-state index in [2.05, 4.69) is 27.5 Å². The summed E-state index contributed by atoms with van der Waals surface area (Å²) >= 11 is 0. The van der Waals surface area contributed by atoms with Crippen LogP contribution in [0, 0.1) is 5.92 Å². The molecule has 2 aliphatic carbocycles. The first-order valence-corrected chi connectivity index (χ1v) is 9.64. The summed E-state index contributed by atoms with van der Waals surface area (Å²) in [5, 5.41) is 7.88. The monoisotopic (exact) mass is 358 g/mol. The van der Waals surface area contributed by atoms with Gasteiger partial charge < -0.3 is 5.32 Å². The van der Waals surface area contributed by atoms with Gasteiger partial charge in [0.25, 0.3) is 0 Å². The molecule has 1 aromatic carbocycles. The van der Waals surface area contributed by atoms with Crippen LogP contribution in [0.15, 0.2) is 61.1 Å². The van der Waals surface area contributed by atoms with Crippen LogP contribution >= 0.6 is 0 Å². The Hall–Kier alpha value is -2.95. The number of rotatable bonds is 4. The summed E-state index contributed by atoms with van der Waals surface area (Å²) in [5.74, 6) is 0.653. The molecule has 0 aliphatic heterocycles. The highest BCUT2D eigenvalue weighted by Gasteiger charge is 2.44. The standard InChI is InChI=1S/C22H22N4O/c27-22(18-13-17(18)15-5-2-1-3-6-15)25-20-7-4-8-21-19(20)14-24-26(21)16-9-11-23-12-10-16/h1-3,5-6,9-12,14,17-18,20H,4,7-8,13H2,(H,25,27)/t17-,18+,20-/m1/s1. The summed E-state index contributed by atoms with van der Waals surface area (Å²) in [6, 6.07) is 14.3. The fourth-order valence-corrected chi connectivity index (χ4v) is 4.25. The third kappa shape index (κ3) is 3.03. The minimum absolute atomic E-state index is 0.0638. The van der Waals surface area contributed by atoms with Gasteiger partial charge in [-0.25, -0.2) is 4.68 Å². The predicted molar refractivity (Wildman–Crippen MR) is 102 cm³/mol. The molecule has 3 aromatic rings. The molecule has 27 heavy (non-hydrogen) atoms. The van der Waals surface area contributed by atoms with E-state index in [1.807, 2.05) is 41.2 Å². The second-order valence-electron chi connectivity index (χ2n) is 7.48. The largest absolute Gasteiger partial charge is 0.349 e. The lowest BCUT2D eigenvalue weighted by atomic mass is 9.92. The molecule has 0 saturated heterocycles. The maximum Gasteiger partial charge on any atom is 0.224 e. The van der Waals surface area contributed by atoms with E-state index in [0.717, 1.165) is 36.9 Å². The van der Waals surface area contributed by atoms with E-state index in [-0.39, 0.29) is 17.9 Å². The second-order valence-corrected chi connectivity index (χ2v) is 7.48. The maximum absolute atomic E-state index is 12.8. The zero-order chi connectivity index (χ0) is 18.2. The van der Waals surface area contributed by atoms with Crippen molar-refractivity contribution >= 4 is 5.91 Å². The second kappa shape index (κ2) is 6.65. The number of fused-ring (bicyclic) bond motifs is 1. The van der Waals surface area contributed by atoms with Crippen molar-refractivity contribution in [2.75, 3.05) is 0 Å². The van der Waals surface area contributed by atoms with Gasteiger partial charge in [0.15, 0.2) is 0 Å². The Morgan fingerprint density at radius 2 is 1.93 bits per heavy atom. The lowest BCUT2D eigenvalue weighted by Gasteiger charge is -2.24. The first kappa shape index (κ1) is 16.2. The molecule has 3 atom stereocenters. The number of carbonyl (C=O) groups is 1. The van der Waals surface area contributed by atoms with Crippen molar-refractivity contribution in [3.05, 3.63) is 77.9 Å². The predicted octanol–water partition coefficient (Wildman–Crippen LogP) is 3.56. The SMILES string of the molecule is O=C(N[C@@H]1CCCc2c1cnn2-c1ccncc1)[C@H]1C[C@@H]1c1ccccc1. The average molecular weight is 358 g/mol. The van der Waals surface area contributed by atoms with Crippen LogP contribution in [0.1, 0.15) is 48.0 Å². The van der Waals surface area contributed by atoms with Gasteiger partial charge in [-0.3, -0.25) is 9.78 Å². The van der Waals surface area contributed by atoms with E-state index in [9.17, 15) is 4.79 Å². The van der Waals surface area contributed by atoms with Crippen molar-refractivity contribution in [3.63, 3.8) is 0 Å². The maximum atomic E-state index is 12.8. The van der Waals surface area contributed by atoms with Crippen LogP contribution in [0.5, 0.6) is 0 Å². The highest BCUT2D eigenvalue weighted by molar-refractivity contribution is 5.83. The quantitative estimate of drug-likeness (QED) is 0.776. The van der Waals surface area contributed by atoms with Gasteiger partial charge in [-0.2, -0.15) is 5.10 Å². The topological polar surface area (TPSA) is 59.8 Å². The Bertz CT molecular complexity index is 951. The summed E-state index contributed by atoms with van der Waals surface area (Å²) in [6.07, 6.45) is 9.45. The van der Waals surface area contributed by atoms with Crippen molar-refractivity contribution in [3.8, 4) is 5.69 Å². The minimum atomic E-state index is 0.0638. The highest BCUT2D eigenvalue weighted by atomic mass is 16.2. The van der Waals surface area contributed by atoms with Gasteiger partial charge in [0.05, 0.1) is 17.9 Å². The number of aromatic nitrogens is 3. The number of hydrogen-bond acceptors (Lipinski definition) is 3. The molecule has 1 fully saturated rings. The molecule has 0 unspecified atom stereocenters.